The van der Waals surface area contributed by atoms with Crippen molar-refractivity contribution in [3.05, 3.63) is 48.0 Å². The van der Waals surface area contributed by atoms with Crippen LogP contribution >= 0.6 is 24.0 Å². The molecule has 0 amide bonds. The molecule has 140 valence electrons. The zero-order chi connectivity index (χ0) is 17.6. The molecule has 0 saturated heterocycles. The summed E-state index contributed by atoms with van der Waals surface area (Å²) in [5.41, 5.74) is 7.95. The summed E-state index contributed by atoms with van der Waals surface area (Å²) in [5.74, 6) is 2.80. The van der Waals surface area contributed by atoms with Gasteiger partial charge >= 0.3 is 0 Å². The molecule has 0 fully saturated rings. The van der Waals surface area contributed by atoms with E-state index >= 15 is 0 Å². The normalized spacial score (nSPS) is 12.7. The predicted octanol–water partition coefficient (Wildman–Crippen LogP) is 3.79. The molecule has 3 N–H and O–H groups in total. The standard InChI is InChI=1S/C19H23N3O3.HI/c1-13(2)25-16-6-4-15(5-7-16)22-19(20)21-10-9-14-3-8-17-18(11-14)24-12-23-17;/h3-8,11,13H,9-10,12H2,1-2H3,(H3,20,21,22);1H. The van der Waals surface area contributed by atoms with Crippen molar-refractivity contribution in [2.75, 3.05) is 18.7 Å². The van der Waals surface area contributed by atoms with Crippen LogP contribution in [0.5, 0.6) is 17.2 Å². The number of nitrogens with one attached hydrogen (secondary N) is 1. The molecule has 2 aromatic rings. The van der Waals surface area contributed by atoms with Crippen LogP contribution in [-0.2, 0) is 6.42 Å². The van der Waals surface area contributed by atoms with Crippen molar-refractivity contribution in [2.45, 2.75) is 26.4 Å². The summed E-state index contributed by atoms with van der Waals surface area (Å²) in [6.45, 7) is 4.87. The van der Waals surface area contributed by atoms with Crippen molar-refractivity contribution in [1.29, 1.82) is 0 Å². The molecule has 0 saturated carbocycles. The number of rotatable bonds is 6. The molecule has 7 heteroatoms. The largest absolute Gasteiger partial charge is 0.491 e. The summed E-state index contributed by atoms with van der Waals surface area (Å²) in [6.07, 6.45) is 0.932. The molecule has 0 aromatic heterocycles. The number of halogens is 1. The molecular formula is C19H24IN3O3. The van der Waals surface area contributed by atoms with E-state index in [4.69, 9.17) is 19.9 Å². The third-order valence-electron chi connectivity index (χ3n) is 3.62. The summed E-state index contributed by atoms with van der Waals surface area (Å²) in [4.78, 5) is 4.36. The minimum Gasteiger partial charge on any atom is -0.491 e. The summed E-state index contributed by atoms with van der Waals surface area (Å²) >= 11 is 0. The number of hydrogen-bond acceptors (Lipinski definition) is 4. The van der Waals surface area contributed by atoms with Gasteiger partial charge in [0.2, 0.25) is 6.79 Å². The van der Waals surface area contributed by atoms with Crippen LogP contribution in [0.1, 0.15) is 19.4 Å². The molecule has 6 nitrogen and oxygen atoms in total. The summed E-state index contributed by atoms with van der Waals surface area (Å²) in [7, 11) is 0. The average Bonchev–Trinajstić information content (AvgIpc) is 3.04. The molecule has 2 aromatic carbocycles. The molecule has 26 heavy (non-hydrogen) atoms. The van der Waals surface area contributed by atoms with Crippen LogP contribution in [0.15, 0.2) is 47.5 Å². The zero-order valence-corrected chi connectivity index (χ0v) is 17.2. The van der Waals surface area contributed by atoms with Gasteiger partial charge in [0.15, 0.2) is 17.5 Å². The lowest BCUT2D eigenvalue weighted by molar-refractivity contribution is 0.174. The Morgan fingerprint density at radius 2 is 1.88 bits per heavy atom. The lowest BCUT2D eigenvalue weighted by Gasteiger charge is -2.11. The molecule has 0 aliphatic carbocycles. The highest BCUT2D eigenvalue weighted by molar-refractivity contribution is 14.0. The molecule has 1 heterocycles. The Balaban J connectivity index is 0.00000243. The number of fused-ring (bicyclic) bond motifs is 1. The van der Waals surface area contributed by atoms with Gasteiger partial charge in [-0.1, -0.05) is 6.07 Å². The van der Waals surface area contributed by atoms with Gasteiger partial charge in [-0.15, -0.1) is 24.0 Å². The highest BCUT2D eigenvalue weighted by Gasteiger charge is 2.12. The van der Waals surface area contributed by atoms with Crippen LogP contribution in [-0.4, -0.2) is 25.4 Å². The fourth-order valence-corrected chi connectivity index (χ4v) is 2.48. The fourth-order valence-electron chi connectivity index (χ4n) is 2.48. The van der Waals surface area contributed by atoms with E-state index in [9.17, 15) is 0 Å². The van der Waals surface area contributed by atoms with Gasteiger partial charge in [-0.25, -0.2) is 0 Å². The first kappa shape index (κ1) is 20.2. The number of ether oxygens (including phenoxy) is 3. The number of benzene rings is 2. The second-order valence-corrected chi connectivity index (χ2v) is 6.02. The van der Waals surface area contributed by atoms with E-state index in [-0.39, 0.29) is 36.9 Å². The third-order valence-corrected chi connectivity index (χ3v) is 3.62. The molecule has 1 aliphatic rings. The summed E-state index contributed by atoms with van der Waals surface area (Å²) < 4.78 is 16.3. The number of anilines is 1. The van der Waals surface area contributed by atoms with Crippen molar-refractivity contribution in [3.8, 4) is 17.2 Å². The van der Waals surface area contributed by atoms with Crippen LogP contribution in [0.25, 0.3) is 0 Å². The van der Waals surface area contributed by atoms with Crippen molar-refractivity contribution in [2.24, 2.45) is 10.7 Å². The van der Waals surface area contributed by atoms with Gasteiger partial charge in [0.1, 0.15) is 5.75 Å². The first-order valence-corrected chi connectivity index (χ1v) is 8.32. The Morgan fingerprint density at radius 1 is 1.15 bits per heavy atom. The Morgan fingerprint density at radius 3 is 2.62 bits per heavy atom. The smallest absolute Gasteiger partial charge is 0.231 e. The van der Waals surface area contributed by atoms with Crippen molar-refractivity contribution < 1.29 is 14.2 Å². The van der Waals surface area contributed by atoms with E-state index < -0.39 is 0 Å². The van der Waals surface area contributed by atoms with Crippen molar-refractivity contribution in [3.63, 3.8) is 0 Å². The quantitative estimate of drug-likeness (QED) is 0.383. The highest BCUT2D eigenvalue weighted by atomic mass is 127. The molecule has 1 aliphatic heterocycles. The van der Waals surface area contributed by atoms with Crippen molar-refractivity contribution >= 4 is 35.6 Å². The van der Waals surface area contributed by atoms with Crippen LogP contribution in [0.4, 0.5) is 5.69 Å². The average molecular weight is 469 g/mol. The van der Waals surface area contributed by atoms with E-state index in [0.717, 1.165) is 34.9 Å². The predicted molar refractivity (Wildman–Crippen MR) is 114 cm³/mol. The Hall–Kier alpha value is -2.16. The van der Waals surface area contributed by atoms with Gasteiger partial charge in [0.25, 0.3) is 0 Å². The van der Waals surface area contributed by atoms with Gasteiger partial charge in [0, 0.05) is 12.2 Å². The van der Waals surface area contributed by atoms with E-state index in [1.54, 1.807) is 0 Å². The molecule has 0 bridgehead atoms. The molecule has 3 rings (SSSR count). The Kier molecular flexibility index (Phi) is 7.38. The second-order valence-electron chi connectivity index (χ2n) is 6.02. The number of aliphatic imine (C=N–C) groups is 1. The topological polar surface area (TPSA) is 78.1 Å². The zero-order valence-electron chi connectivity index (χ0n) is 14.9. The first-order valence-electron chi connectivity index (χ1n) is 8.32. The van der Waals surface area contributed by atoms with E-state index in [1.165, 1.54) is 0 Å². The monoisotopic (exact) mass is 469 g/mol. The number of guanidine groups is 1. The van der Waals surface area contributed by atoms with E-state index in [0.29, 0.717) is 12.5 Å². The van der Waals surface area contributed by atoms with E-state index in [1.807, 2.05) is 56.3 Å². The maximum atomic E-state index is 5.94. The van der Waals surface area contributed by atoms with Gasteiger partial charge in [0.05, 0.1) is 6.10 Å². The molecule has 0 unspecified atom stereocenters. The maximum absolute atomic E-state index is 5.94. The maximum Gasteiger partial charge on any atom is 0.231 e. The first-order chi connectivity index (χ1) is 12.1. The summed E-state index contributed by atoms with van der Waals surface area (Å²) in [6, 6.07) is 13.6. The second kappa shape index (κ2) is 9.51. The van der Waals surface area contributed by atoms with Gasteiger partial charge < -0.3 is 25.3 Å². The minimum atomic E-state index is 0. The SMILES string of the molecule is CC(C)Oc1ccc(NC(N)=NCCc2ccc3c(c2)OCO3)cc1.I. The van der Waals surface area contributed by atoms with Gasteiger partial charge in [-0.3, -0.25) is 4.99 Å². The summed E-state index contributed by atoms with van der Waals surface area (Å²) in [5, 5.41) is 3.08. The Bertz CT molecular complexity index is 748. The molecular weight excluding hydrogens is 445 g/mol. The lowest BCUT2D eigenvalue weighted by Crippen LogP contribution is -2.23. The number of nitrogens with zero attached hydrogens (tertiary/aromatic N) is 1. The minimum absolute atomic E-state index is 0. The van der Waals surface area contributed by atoms with Crippen LogP contribution in [0.3, 0.4) is 0 Å². The van der Waals surface area contributed by atoms with Crippen molar-refractivity contribution in [1.82, 2.24) is 0 Å². The highest BCUT2D eigenvalue weighted by Crippen LogP contribution is 2.32. The number of nitrogens with two attached hydrogens (primary N) is 1. The van der Waals surface area contributed by atoms with Crippen LogP contribution in [0, 0.1) is 0 Å². The van der Waals surface area contributed by atoms with Gasteiger partial charge in [-0.05, 0) is 62.2 Å². The molecule has 0 spiro atoms. The lowest BCUT2D eigenvalue weighted by atomic mass is 10.1. The van der Waals surface area contributed by atoms with Gasteiger partial charge in [-0.2, -0.15) is 0 Å². The van der Waals surface area contributed by atoms with Crippen LogP contribution < -0.4 is 25.3 Å². The fraction of sp³-hybridized carbons (Fsp3) is 0.316. The molecule has 0 atom stereocenters. The van der Waals surface area contributed by atoms with Crippen LogP contribution in [0.2, 0.25) is 0 Å². The third kappa shape index (κ3) is 5.69. The Labute approximate surface area is 170 Å². The molecule has 0 radical (unpaired) electrons. The number of hydrogen-bond donors (Lipinski definition) is 2. The van der Waals surface area contributed by atoms with E-state index in [2.05, 4.69) is 10.3 Å².